The van der Waals surface area contributed by atoms with Gasteiger partial charge in [-0.05, 0) is 41.0 Å². The van der Waals surface area contributed by atoms with Crippen molar-refractivity contribution in [3.8, 4) is 0 Å². The molecule has 0 heterocycles. The second-order valence-corrected chi connectivity index (χ2v) is 5.52. The Kier molecular flexibility index (Phi) is 6.32. The second kappa shape index (κ2) is 6.73. The van der Waals surface area contributed by atoms with E-state index >= 15 is 0 Å². The molecule has 0 radical (unpaired) electrons. The average Bonchev–Trinajstić information content (AvgIpc) is 2.24. The molecule has 106 valence electrons. The van der Waals surface area contributed by atoms with Crippen molar-refractivity contribution >= 4 is 11.9 Å². The summed E-state index contributed by atoms with van der Waals surface area (Å²) in [5.74, 6) is -0.748. The summed E-state index contributed by atoms with van der Waals surface area (Å²) in [4.78, 5) is 23.6. The van der Waals surface area contributed by atoms with Crippen LogP contribution in [0, 0.1) is 10.8 Å². The third-order valence-corrected chi connectivity index (χ3v) is 2.59. The summed E-state index contributed by atoms with van der Waals surface area (Å²) in [5.41, 5.74) is -1.55. The van der Waals surface area contributed by atoms with Crippen LogP contribution in [-0.4, -0.2) is 36.9 Å². The van der Waals surface area contributed by atoms with Gasteiger partial charge in [0.2, 0.25) is 0 Å². The third kappa shape index (κ3) is 5.04. The molecule has 0 bridgehead atoms. The summed E-state index contributed by atoms with van der Waals surface area (Å²) in [6, 6.07) is 0. The normalized spacial score (nSPS) is 12.1. The molecular formula is C13H24O5. The Bertz CT molecular complexity index is 294. The third-order valence-electron chi connectivity index (χ3n) is 2.59. The minimum absolute atomic E-state index is 0.0257. The number of carbonyl (C=O) groups excluding carboxylic acids is 2. The fourth-order valence-corrected chi connectivity index (χ4v) is 1.91. The molecule has 5 heteroatoms. The van der Waals surface area contributed by atoms with Crippen molar-refractivity contribution in [2.45, 2.75) is 41.0 Å². The van der Waals surface area contributed by atoms with E-state index in [0.29, 0.717) is 13.0 Å². The minimum atomic E-state index is -0.800. The first-order chi connectivity index (χ1) is 8.17. The first-order valence-corrected chi connectivity index (χ1v) is 6.12. The molecule has 0 aromatic carbocycles. The van der Waals surface area contributed by atoms with E-state index in [1.54, 1.807) is 34.6 Å². The Labute approximate surface area is 108 Å². The number of hydrogen-bond acceptors (Lipinski definition) is 5. The Balaban J connectivity index is 4.63. The van der Waals surface area contributed by atoms with Crippen molar-refractivity contribution in [3.63, 3.8) is 0 Å². The highest BCUT2D eigenvalue weighted by Crippen LogP contribution is 2.35. The van der Waals surface area contributed by atoms with Gasteiger partial charge in [0, 0.05) is 0 Å². The van der Waals surface area contributed by atoms with Crippen LogP contribution in [0.2, 0.25) is 0 Å². The number of ether oxygens (including phenoxy) is 2. The quantitative estimate of drug-likeness (QED) is 0.703. The molecule has 0 saturated carbocycles. The summed E-state index contributed by atoms with van der Waals surface area (Å²) in [6.45, 7) is 8.75. The zero-order valence-electron chi connectivity index (χ0n) is 11.9. The smallest absolute Gasteiger partial charge is 0.311 e. The van der Waals surface area contributed by atoms with Crippen molar-refractivity contribution in [1.29, 1.82) is 0 Å². The van der Waals surface area contributed by atoms with E-state index in [9.17, 15) is 9.59 Å². The van der Waals surface area contributed by atoms with Gasteiger partial charge in [0.15, 0.2) is 0 Å². The van der Waals surface area contributed by atoms with Crippen molar-refractivity contribution in [1.82, 2.24) is 0 Å². The van der Waals surface area contributed by atoms with E-state index in [0.717, 1.165) is 0 Å². The standard InChI is InChI=1S/C13H24O5/c1-6-17-10(15)12(2,3)9-13(4,5)11(16)18-8-7-14/h14H,6-9H2,1-5H3. The molecule has 0 atom stereocenters. The summed E-state index contributed by atoms with van der Waals surface area (Å²) in [6.07, 6.45) is 0.323. The minimum Gasteiger partial charge on any atom is -0.466 e. The van der Waals surface area contributed by atoms with Crippen LogP contribution in [0.4, 0.5) is 0 Å². The van der Waals surface area contributed by atoms with E-state index in [4.69, 9.17) is 14.6 Å². The highest BCUT2D eigenvalue weighted by molar-refractivity contribution is 5.80. The van der Waals surface area contributed by atoms with Crippen LogP contribution in [0.5, 0.6) is 0 Å². The molecule has 0 aliphatic rings. The van der Waals surface area contributed by atoms with Crippen molar-refractivity contribution in [2.75, 3.05) is 19.8 Å². The van der Waals surface area contributed by atoms with E-state index in [-0.39, 0.29) is 19.2 Å². The Morgan fingerprint density at radius 2 is 1.44 bits per heavy atom. The van der Waals surface area contributed by atoms with Crippen LogP contribution in [0.25, 0.3) is 0 Å². The van der Waals surface area contributed by atoms with Crippen LogP contribution < -0.4 is 0 Å². The van der Waals surface area contributed by atoms with E-state index < -0.39 is 16.8 Å². The first-order valence-electron chi connectivity index (χ1n) is 6.12. The fraction of sp³-hybridized carbons (Fsp3) is 0.846. The number of hydrogen-bond donors (Lipinski definition) is 1. The van der Waals surface area contributed by atoms with Gasteiger partial charge >= 0.3 is 11.9 Å². The zero-order chi connectivity index (χ0) is 14.4. The average molecular weight is 260 g/mol. The lowest BCUT2D eigenvalue weighted by Gasteiger charge is -2.31. The number of aliphatic hydroxyl groups excluding tert-OH is 1. The number of esters is 2. The van der Waals surface area contributed by atoms with Crippen molar-refractivity contribution in [2.24, 2.45) is 10.8 Å². The maximum absolute atomic E-state index is 11.8. The van der Waals surface area contributed by atoms with E-state index in [1.807, 2.05) is 0 Å². The predicted molar refractivity (Wildman–Crippen MR) is 66.9 cm³/mol. The first kappa shape index (κ1) is 16.9. The topological polar surface area (TPSA) is 72.8 Å². The van der Waals surface area contributed by atoms with Gasteiger partial charge < -0.3 is 14.6 Å². The summed E-state index contributed by atoms with van der Waals surface area (Å²) in [5, 5.41) is 8.62. The molecule has 0 aromatic rings. The van der Waals surface area contributed by atoms with Crippen LogP contribution in [-0.2, 0) is 19.1 Å². The highest BCUT2D eigenvalue weighted by atomic mass is 16.5. The predicted octanol–water partition coefficient (Wildman–Crippen LogP) is 1.53. The molecular weight excluding hydrogens is 236 g/mol. The lowest BCUT2D eigenvalue weighted by Crippen LogP contribution is -2.37. The van der Waals surface area contributed by atoms with Gasteiger partial charge in [0.25, 0.3) is 0 Å². The van der Waals surface area contributed by atoms with Crippen LogP contribution >= 0.6 is 0 Å². The molecule has 18 heavy (non-hydrogen) atoms. The number of aliphatic hydroxyl groups is 1. The van der Waals surface area contributed by atoms with Gasteiger partial charge in [-0.15, -0.1) is 0 Å². The summed E-state index contributed by atoms with van der Waals surface area (Å²) >= 11 is 0. The van der Waals surface area contributed by atoms with Crippen LogP contribution in [0.15, 0.2) is 0 Å². The van der Waals surface area contributed by atoms with Gasteiger partial charge in [-0.3, -0.25) is 9.59 Å². The Morgan fingerprint density at radius 1 is 1.00 bits per heavy atom. The van der Waals surface area contributed by atoms with Crippen molar-refractivity contribution in [3.05, 3.63) is 0 Å². The second-order valence-electron chi connectivity index (χ2n) is 5.52. The summed E-state index contributed by atoms with van der Waals surface area (Å²) in [7, 11) is 0. The van der Waals surface area contributed by atoms with Gasteiger partial charge in [-0.25, -0.2) is 0 Å². The van der Waals surface area contributed by atoms with Crippen LogP contribution in [0.1, 0.15) is 41.0 Å². The van der Waals surface area contributed by atoms with E-state index in [1.165, 1.54) is 0 Å². The molecule has 0 amide bonds. The maximum atomic E-state index is 11.8. The van der Waals surface area contributed by atoms with Gasteiger partial charge in [0.1, 0.15) is 6.61 Å². The molecule has 0 aromatic heterocycles. The van der Waals surface area contributed by atoms with Gasteiger partial charge in [-0.1, -0.05) is 0 Å². The fourth-order valence-electron chi connectivity index (χ4n) is 1.91. The lowest BCUT2D eigenvalue weighted by molar-refractivity contribution is -0.162. The molecule has 0 unspecified atom stereocenters. The SMILES string of the molecule is CCOC(=O)C(C)(C)CC(C)(C)C(=O)OCCO. The van der Waals surface area contributed by atoms with Gasteiger partial charge in [0.05, 0.1) is 24.0 Å². The molecule has 1 N–H and O–H groups in total. The largest absolute Gasteiger partial charge is 0.466 e. The van der Waals surface area contributed by atoms with Crippen LogP contribution in [0.3, 0.4) is 0 Å². The monoisotopic (exact) mass is 260 g/mol. The number of rotatable bonds is 7. The Hall–Kier alpha value is -1.10. The molecule has 0 rings (SSSR count). The molecule has 5 nitrogen and oxygen atoms in total. The Morgan fingerprint density at radius 3 is 1.83 bits per heavy atom. The zero-order valence-corrected chi connectivity index (χ0v) is 11.9. The summed E-state index contributed by atoms with van der Waals surface area (Å²) < 4.78 is 9.88. The molecule has 0 spiro atoms. The molecule has 0 fully saturated rings. The van der Waals surface area contributed by atoms with E-state index in [2.05, 4.69) is 0 Å². The highest BCUT2D eigenvalue weighted by Gasteiger charge is 2.40. The molecule has 0 saturated heterocycles. The lowest BCUT2D eigenvalue weighted by atomic mass is 9.75. The van der Waals surface area contributed by atoms with Gasteiger partial charge in [-0.2, -0.15) is 0 Å². The number of carbonyl (C=O) groups is 2. The molecule has 0 aliphatic heterocycles. The van der Waals surface area contributed by atoms with Crippen molar-refractivity contribution < 1.29 is 24.2 Å². The molecule has 0 aliphatic carbocycles. The maximum Gasteiger partial charge on any atom is 0.311 e.